The van der Waals surface area contributed by atoms with Crippen molar-refractivity contribution in [3.8, 4) is 5.75 Å². The van der Waals surface area contributed by atoms with Gasteiger partial charge in [-0.05, 0) is 35.6 Å². The molecule has 3 aliphatic heterocycles. The number of carbonyl (C=O) groups is 2. The number of ether oxygens (including phenoxy) is 2. The van der Waals surface area contributed by atoms with Crippen LogP contribution in [0.5, 0.6) is 5.75 Å². The van der Waals surface area contributed by atoms with Crippen molar-refractivity contribution in [2.24, 2.45) is 0 Å². The van der Waals surface area contributed by atoms with Crippen LogP contribution in [0.15, 0.2) is 47.3 Å². The van der Waals surface area contributed by atoms with E-state index >= 15 is 0 Å². The summed E-state index contributed by atoms with van der Waals surface area (Å²) in [4.78, 5) is 42.0. The van der Waals surface area contributed by atoms with E-state index in [-0.39, 0.29) is 89.9 Å². The Bertz CT molecular complexity index is 1390. The number of anilines is 2. The summed E-state index contributed by atoms with van der Waals surface area (Å²) in [6, 6.07) is 12.8. The number of hydrogen-bond acceptors (Lipinski definition) is 6. The van der Waals surface area contributed by atoms with Gasteiger partial charge < -0.3 is 24.7 Å². The van der Waals surface area contributed by atoms with E-state index in [2.05, 4.69) is 10.3 Å². The second kappa shape index (κ2) is 12.2. The van der Waals surface area contributed by atoms with Crippen LogP contribution >= 0.6 is 27.0 Å². The maximum absolute atomic E-state index is 12.4. The van der Waals surface area contributed by atoms with Crippen molar-refractivity contribution in [2.45, 2.75) is 31.5 Å². The average molecular weight is 618 g/mol. The van der Waals surface area contributed by atoms with Crippen LogP contribution in [0.25, 0.3) is 16.2 Å². The molecule has 5 heterocycles. The van der Waals surface area contributed by atoms with Gasteiger partial charge in [-0.25, -0.2) is 9.78 Å². The number of cyclic esters (lactones) is 1. The van der Waals surface area contributed by atoms with E-state index in [4.69, 9.17) is 14.8 Å². The van der Waals surface area contributed by atoms with Crippen molar-refractivity contribution in [2.75, 3.05) is 29.9 Å². The molecule has 3 aliphatic rings. The van der Waals surface area contributed by atoms with Crippen molar-refractivity contribution in [1.29, 1.82) is 0 Å². The van der Waals surface area contributed by atoms with Gasteiger partial charge in [0.25, 0.3) is 11.5 Å². The van der Waals surface area contributed by atoms with Gasteiger partial charge in [-0.1, -0.05) is 30.7 Å². The second-order valence-electron chi connectivity index (χ2n) is 8.60. The molecule has 10 nitrogen and oxygen atoms in total. The molecule has 0 aliphatic carbocycles. The summed E-state index contributed by atoms with van der Waals surface area (Å²) >= 11 is 0. The summed E-state index contributed by atoms with van der Waals surface area (Å²) in [6.45, 7) is 1.50. The summed E-state index contributed by atoms with van der Waals surface area (Å²) in [6.07, 6.45) is 0.693. The number of nitrogens with one attached hydrogen (secondary N) is 1. The zero-order valence-electron chi connectivity index (χ0n) is 19.8. The van der Waals surface area contributed by atoms with Gasteiger partial charge in [0.15, 0.2) is 18.2 Å². The first-order valence-electron chi connectivity index (χ1n) is 11.3. The van der Waals surface area contributed by atoms with Crippen LogP contribution in [0.3, 0.4) is 0 Å². The molecule has 2 aromatic heterocycles. The smallest absolute Gasteiger partial charge is 0.415 e. The van der Waals surface area contributed by atoms with Crippen LogP contribution in [-0.2, 0) is 48.8 Å². The predicted molar refractivity (Wildman–Crippen MR) is 145 cm³/mol. The average Bonchev–Trinajstić information content (AvgIpc) is 3.40. The molecule has 2 atom stereocenters. The van der Waals surface area contributed by atoms with Crippen LogP contribution < -0.4 is 20.5 Å². The molecule has 0 saturated carbocycles. The normalized spacial score (nSPS) is 19.1. The van der Waals surface area contributed by atoms with E-state index in [0.717, 1.165) is 22.9 Å². The van der Waals surface area contributed by atoms with E-state index in [1.807, 2.05) is 24.3 Å². The molecule has 0 spiro atoms. The van der Waals surface area contributed by atoms with E-state index in [9.17, 15) is 14.4 Å². The SMILES string of the molecule is O=C1COc2ccc(N3C[C@H](CCC[N-][C@@H]4Cn5c(=O)ccc6cccc4c65)OC3=O)nc2N1.S.S.[Y]. The van der Waals surface area contributed by atoms with Crippen LogP contribution in [0, 0.1) is 0 Å². The van der Waals surface area contributed by atoms with Crippen molar-refractivity contribution in [3.05, 3.63) is 63.7 Å². The number of fused-ring (bicyclic) bond motifs is 1. The third-order valence-corrected chi connectivity index (χ3v) is 6.40. The van der Waals surface area contributed by atoms with Gasteiger partial charge >= 0.3 is 6.09 Å². The maximum atomic E-state index is 12.4. The van der Waals surface area contributed by atoms with Gasteiger partial charge in [-0.15, -0.1) is 6.54 Å². The molecule has 0 bridgehead atoms. The summed E-state index contributed by atoms with van der Waals surface area (Å²) < 4.78 is 12.6. The van der Waals surface area contributed by atoms with Crippen LogP contribution in [0.1, 0.15) is 24.4 Å². The molecular formula is C24H26N5O5S2Y-. The fraction of sp³-hybridized carbons (Fsp3) is 0.333. The largest absolute Gasteiger partial charge is 0.654 e. The number of rotatable bonds is 6. The van der Waals surface area contributed by atoms with Gasteiger partial charge in [0, 0.05) is 45.3 Å². The van der Waals surface area contributed by atoms with Crippen LogP contribution in [0.4, 0.5) is 16.4 Å². The Morgan fingerprint density at radius 2 is 1.89 bits per heavy atom. The Morgan fingerprint density at radius 3 is 2.73 bits per heavy atom. The number of hydrogen-bond donors (Lipinski definition) is 1. The molecular weight excluding hydrogens is 591 g/mol. The zero-order chi connectivity index (χ0) is 23.2. The molecule has 3 aromatic rings. The van der Waals surface area contributed by atoms with Crippen molar-refractivity contribution in [1.82, 2.24) is 9.55 Å². The molecule has 2 amide bonds. The number of nitrogens with zero attached hydrogens (tertiary/aromatic N) is 4. The molecule has 13 heteroatoms. The molecule has 37 heavy (non-hydrogen) atoms. The van der Waals surface area contributed by atoms with Gasteiger partial charge in [0.05, 0.1) is 12.1 Å². The molecule has 1 fully saturated rings. The minimum Gasteiger partial charge on any atom is -0.654 e. The minimum atomic E-state index is -0.463. The Balaban J connectivity index is 0.00000127. The molecule has 1 radical (unpaired) electrons. The summed E-state index contributed by atoms with van der Waals surface area (Å²) in [7, 11) is 0. The van der Waals surface area contributed by atoms with Gasteiger partial charge in [-0.3, -0.25) is 14.5 Å². The Labute approximate surface area is 252 Å². The first-order chi connectivity index (χ1) is 16.6. The fourth-order valence-electron chi connectivity index (χ4n) is 4.79. The van der Waals surface area contributed by atoms with Crippen molar-refractivity contribution in [3.63, 3.8) is 0 Å². The molecule has 1 N–H and O–H groups in total. The summed E-state index contributed by atoms with van der Waals surface area (Å²) in [5.41, 5.74) is 2.06. The number of carbonyl (C=O) groups excluding carboxylic acids is 2. The number of amides is 2. The quantitative estimate of drug-likeness (QED) is 0.425. The molecule has 1 saturated heterocycles. The van der Waals surface area contributed by atoms with Gasteiger partial charge in [-0.2, -0.15) is 27.0 Å². The molecule has 193 valence electrons. The Morgan fingerprint density at radius 1 is 1.05 bits per heavy atom. The first kappa shape index (κ1) is 29.4. The molecule has 6 rings (SSSR count). The Kier molecular flexibility index (Phi) is 9.68. The van der Waals surface area contributed by atoms with Crippen molar-refractivity contribution < 1.29 is 51.8 Å². The van der Waals surface area contributed by atoms with Crippen molar-refractivity contribution >= 4 is 61.5 Å². The predicted octanol–water partition coefficient (Wildman–Crippen LogP) is 3.18. The third-order valence-electron chi connectivity index (χ3n) is 6.40. The fourth-order valence-corrected chi connectivity index (χ4v) is 4.79. The van der Waals surface area contributed by atoms with E-state index in [0.29, 0.717) is 43.4 Å². The first-order valence-corrected chi connectivity index (χ1v) is 11.3. The van der Waals surface area contributed by atoms with Gasteiger partial charge in [0.2, 0.25) is 0 Å². The summed E-state index contributed by atoms with van der Waals surface area (Å²) in [5.74, 6) is 0.898. The Hall–Kier alpha value is -2.12. The van der Waals surface area contributed by atoms with Crippen LogP contribution in [-0.4, -0.2) is 47.4 Å². The number of benzene rings is 1. The minimum absolute atomic E-state index is 0. The second-order valence-corrected chi connectivity index (χ2v) is 8.60. The van der Waals surface area contributed by atoms with Crippen LogP contribution in [0.2, 0.25) is 0 Å². The van der Waals surface area contributed by atoms with E-state index < -0.39 is 6.09 Å². The summed E-state index contributed by atoms with van der Waals surface area (Å²) in [5, 5.41) is 8.54. The van der Waals surface area contributed by atoms with E-state index in [1.165, 1.54) is 4.90 Å². The molecule has 0 unspecified atom stereocenters. The maximum Gasteiger partial charge on any atom is 0.415 e. The monoisotopic (exact) mass is 617 g/mol. The van der Waals surface area contributed by atoms with Gasteiger partial charge in [0.1, 0.15) is 11.9 Å². The zero-order valence-corrected chi connectivity index (χ0v) is 24.7. The molecule has 1 aromatic carbocycles. The number of aromatic nitrogens is 2. The number of pyridine rings is 2. The number of para-hydroxylation sites is 1. The van der Waals surface area contributed by atoms with E-state index in [1.54, 1.807) is 22.8 Å². The topological polar surface area (TPSA) is 117 Å². The third kappa shape index (κ3) is 5.68. The standard InChI is InChI=1S/C24H22N5O5.2H2S.Y/c30-20-13-33-18-7-8-19(26-23(18)27-20)28-11-15(34-24(28)32)4-2-10-25-17-12-29-21(31)9-6-14-3-1-5-16(17)22(14)29;;;/h1,3,5-9,15,17H,2,4,10-13H2,(H,26,27,30);2*1H2;/q-1;;;/t15-,17+;;;/m0.../s1.